The second-order valence-electron chi connectivity index (χ2n) is 5.09. The van der Waals surface area contributed by atoms with Gasteiger partial charge in [0.05, 0.1) is 10.5 Å². The normalized spacial score (nSPS) is 18.2. The second kappa shape index (κ2) is 5.32. The molecule has 1 N–H and O–H groups in total. The van der Waals surface area contributed by atoms with Crippen molar-refractivity contribution in [2.45, 2.75) is 30.3 Å². The van der Waals surface area contributed by atoms with Crippen molar-refractivity contribution in [3.63, 3.8) is 0 Å². The number of nitrogens with zero attached hydrogens (tertiary/aromatic N) is 2. The molecule has 9 heteroatoms. The summed E-state index contributed by atoms with van der Waals surface area (Å²) in [5.41, 5.74) is -2.17. The molecule has 0 saturated carbocycles. The highest BCUT2D eigenvalue weighted by Gasteiger charge is 2.48. The van der Waals surface area contributed by atoms with E-state index in [1.54, 1.807) is 0 Å². The van der Waals surface area contributed by atoms with Crippen LogP contribution in [0.1, 0.15) is 19.8 Å². The number of benzene rings is 1. The number of nitro groups is 1. The van der Waals surface area contributed by atoms with Crippen LogP contribution in [0.3, 0.4) is 0 Å². The molecule has 0 aromatic heterocycles. The standard InChI is InChI=1S/C12H15FN2O5S/c1-2-6-12(16)7-14(8-12)21(19,20)10-5-3-4-9(13)11(10)15(17)18/h3-5,16H,2,6-8H2,1H3. The Morgan fingerprint density at radius 1 is 1.48 bits per heavy atom. The van der Waals surface area contributed by atoms with Crippen molar-refractivity contribution in [1.82, 2.24) is 4.31 Å². The average molecular weight is 318 g/mol. The molecule has 0 aliphatic carbocycles. The van der Waals surface area contributed by atoms with Gasteiger partial charge in [0, 0.05) is 13.1 Å². The molecule has 2 rings (SSSR count). The smallest absolute Gasteiger partial charge is 0.324 e. The third kappa shape index (κ3) is 2.76. The van der Waals surface area contributed by atoms with Crippen LogP contribution in [-0.2, 0) is 10.0 Å². The van der Waals surface area contributed by atoms with E-state index in [-0.39, 0.29) is 13.1 Å². The SMILES string of the molecule is CCCC1(O)CN(S(=O)(=O)c2cccc(F)c2[N+](=O)[O-])C1. The van der Waals surface area contributed by atoms with Crippen LogP contribution in [0.4, 0.5) is 10.1 Å². The Labute approximate surface area is 121 Å². The second-order valence-corrected chi connectivity index (χ2v) is 7.00. The molecule has 1 aromatic carbocycles. The van der Waals surface area contributed by atoms with Crippen molar-refractivity contribution >= 4 is 15.7 Å². The van der Waals surface area contributed by atoms with Gasteiger partial charge in [0.2, 0.25) is 15.8 Å². The number of sulfonamides is 1. The lowest BCUT2D eigenvalue weighted by Crippen LogP contribution is -2.63. The van der Waals surface area contributed by atoms with Crippen LogP contribution >= 0.6 is 0 Å². The lowest BCUT2D eigenvalue weighted by molar-refractivity contribution is -0.390. The first-order chi connectivity index (χ1) is 9.71. The maximum atomic E-state index is 13.5. The van der Waals surface area contributed by atoms with E-state index < -0.39 is 36.9 Å². The van der Waals surface area contributed by atoms with E-state index in [4.69, 9.17) is 0 Å². The molecule has 1 fully saturated rings. The highest BCUT2D eigenvalue weighted by molar-refractivity contribution is 7.89. The van der Waals surface area contributed by atoms with Crippen molar-refractivity contribution in [3.05, 3.63) is 34.1 Å². The van der Waals surface area contributed by atoms with E-state index in [1.165, 1.54) is 0 Å². The number of aliphatic hydroxyl groups is 1. The highest BCUT2D eigenvalue weighted by Crippen LogP contribution is 2.35. The quantitative estimate of drug-likeness (QED) is 0.651. The van der Waals surface area contributed by atoms with Crippen LogP contribution in [0.5, 0.6) is 0 Å². The Kier molecular flexibility index (Phi) is 4.00. The minimum atomic E-state index is -4.20. The Morgan fingerprint density at radius 2 is 2.10 bits per heavy atom. The zero-order valence-corrected chi connectivity index (χ0v) is 12.1. The summed E-state index contributed by atoms with van der Waals surface area (Å²) in [6, 6.07) is 2.93. The van der Waals surface area contributed by atoms with Crippen molar-refractivity contribution < 1.29 is 22.8 Å². The first-order valence-corrected chi connectivity index (χ1v) is 7.81. The summed E-state index contributed by atoms with van der Waals surface area (Å²) < 4.78 is 39.1. The van der Waals surface area contributed by atoms with E-state index in [9.17, 15) is 28.0 Å². The Bertz CT molecular complexity index is 670. The summed E-state index contributed by atoms with van der Waals surface area (Å²) in [6.45, 7) is 1.57. The van der Waals surface area contributed by atoms with E-state index in [0.29, 0.717) is 12.8 Å². The number of halogens is 1. The van der Waals surface area contributed by atoms with Crippen LogP contribution in [0.25, 0.3) is 0 Å². The molecule has 1 aliphatic rings. The fourth-order valence-electron chi connectivity index (χ4n) is 2.42. The first-order valence-electron chi connectivity index (χ1n) is 6.37. The van der Waals surface area contributed by atoms with Gasteiger partial charge in [-0.2, -0.15) is 8.70 Å². The van der Waals surface area contributed by atoms with E-state index >= 15 is 0 Å². The largest absolute Gasteiger partial charge is 0.387 e. The van der Waals surface area contributed by atoms with Crippen molar-refractivity contribution in [2.75, 3.05) is 13.1 Å². The predicted molar refractivity (Wildman–Crippen MR) is 71.7 cm³/mol. The summed E-state index contributed by atoms with van der Waals surface area (Å²) in [4.78, 5) is 9.14. The molecule has 0 bridgehead atoms. The monoisotopic (exact) mass is 318 g/mol. The molecule has 0 spiro atoms. The molecule has 1 aromatic rings. The fourth-order valence-corrected chi connectivity index (χ4v) is 4.19. The summed E-state index contributed by atoms with van der Waals surface area (Å²) in [5, 5.41) is 20.9. The summed E-state index contributed by atoms with van der Waals surface area (Å²) in [6.07, 6.45) is 1.12. The van der Waals surface area contributed by atoms with Crippen LogP contribution < -0.4 is 0 Å². The van der Waals surface area contributed by atoms with Gasteiger partial charge in [0.15, 0.2) is 4.90 Å². The Hall–Kier alpha value is -1.58. The molecule has 1 heterocycles. The zero-order chi connectivity index (χ0) is 15.8. The van der Waals surface area contributed by atoms with Gasteiger partial charge in [-0.25, -0.2) is 8.42 Å². The molecule has 116 valence electrons. The molecule has 0 radical (unpaired) electrons. The van der Waals surface area contributed by atoms with Crippen LogP contribution in [0.15, 0.2) is 23.1 Å². The first kappa shape index (κ1) is 15.8. The van der Waals surface area contributed by atoms with Crippen LogP contribution in [0, 0.1) is 15.9 Å². The molecule has 1 saturated heterocycles. The van der Waals surface area contributed by atoms with Gasteiger partial charge < -0.3 is 5.11 Å². The van der Waals surface area contributed by atoms with Gasteiger partial charge in [0.25, 0.3) is 0 Å². The molecule has 21 heavy (non-hydrogen) atoms. The van der Waals surface area contributed by atoms with Gasteiger partial charge >= 0.3 is 5.69 Å². The van der Waals surface area contributed by atoms with Crippen LogP contribution in [-0.4, -0.2) is 41.4 Å². The summed E-state index contributed by atoms with van der Waals surface area (Å²) in [5.74, 6) is -1.20. The lowest BCUT2D eigenvalue weighted by Gasteiger charge is -2.45. The van der Waals surface area contributed by atoms with Crippen molar-refractivity contribution in [2.24, 2.45) is 0 Å². The van der Waals surface area contributed by atoms with E-state index in [1.807, 2.05) is 6.92 Å². The molecular weight excluding hydrogens is 303 g/mol. The number of hydrogen-bond acceptors (Lipinski definition) is 5. The molecule has 0 amide bonds. The predicted octanol–water partition coefficient (Wildman–Crippen LogP) is 1.27. The molecular formula is C12H15FN2O5S. The third-order valence-corrected chi connectivity index (χ3v) is 5.23. The molecule has 7 nitrogen and oxygen atoms in total. The maximum Gasteiger partial charge on any atom is 0.324 e. The average Bonchev–Trinajstić information content (AvgIpc) is 2.35. The van der Waals surface area contributed by atoms with Gasteiger partial charge in [-0.05, 0) is 18.6 Å². The number of nitro benzene ring substituents is 1. The van der Waals surface area contributed by atoms with Crippen LogP contribution in [0.2, 0.25) is 0 Å². The van der Waals surface area contributed by atoms with Crippen molar-refractivity contribution in [3.8, 4) is 0 Å². The molecule has 0 atom stereocenters. The maximum absolute atomic E-state index is 13.5. The summed E-state index contributed by atoms with van der Waals surface area (Å²) in [7, 11) is -4.20. The highest BCUT2D eigenvalue weighted by atomic mass is 32.2. The van der Waals surface area contributed by atoms with Gasteiger partial charge in [-0.1, -0.05) is 19.4 Å². The van der Waals surface area contributed by atoms with Gasteiger partial charge in [0.1, 0.15) is 0 Å². The van der Waals surface area contributed by atoms with Gasteiger partial charge in [-0.3, -0.25) is 10.1 Å². The number of rotatable bonds is 5. The summed E-state index contributed by atoms with van der Waals surface area (Å²) >= 11 is 0. The Balaban J connectivity index is 2.35. The van der Waals surface area contributed by atoms with Gasteiger partial charge in [-0.15, -0.1) is 0 Å². The minimum Gasteiger partial charge on any atom is -0.387 e. The Morgan fingerprint density at radius 3 is 2.62 bits per heavy atom. The topological polar surface area (TPSA) is 101 Å². The molecule has 1 aliphatic heterocycles. The van der Waals surface area contributed by atoms with E-state index in [0.717, 1.165) is 22.5 Å². The van der Waals surface area contributed by atoms with Crippen molar-refractivity contribution in [1.29, 1.82) is 0 Å². The van der Waals surface area contributed by atoms with E-state index in [2.05, 4.69) is 0 Å². The number of hydrogen-bond donors (Lipinski definition) is 1. The zero-order valence-electron chi connectivity index (χ0n) is 11.3. The number of β-amino-alcohol motifs (C(OH)–C–C–N with tert-alkyl or cyclic N) is 1. The molecule has 0 unspecified atom stereocenters. The lowest BCUT2D eigenvalue weighted by atomic mass is 9.92. The number of para-hydroxylation sites is 1. The minimum absolute atomic E-state index is 0.142. The third-order valence-electron chi connectivity index (χ3n) is 3.41. The fraction of sp³-hybridized carbons (Fsp3) is 0.500.